The molecule has 1 N–H and O–H groups in total. The Kier molecular flexibility index (Phi) is 3.62. The van der Waals surface area contributed by atoms with E-state index in [0.717, 1.165) is 10.9 Å². The summed E-state index contributed by atoms with van der Waals surface area (Å²) < 4.78 is 26.8. The number of aliphatic carboxylic acids is 1. The Morgan fingerprint density at radius 1 is 1.41 bits per heavy atom. The summed E-state index contributed by atoms with van der Waals surface area (Å²) in [5, 5.41) is 9.80. The summed E-state index contributed by atoms with van der Waals surface area (Å²) in [6, 6.07) is 6.90. The number of carboxylic acids is 1. The van der Waals surface area contributed by atoms with Gasteiger partial charge in [-0.1, -0.05) is 12.1 Å². The van der Waals surface area contributed by atoms with Gasteiger partial charge >= 0.3 is 5.97 Å². The van der Waals surface area contributed by atoms with Gasteiger partial charge < -0.3 is 5.11 Å². The lowest BCUT2D eigenvalue weighted by atomic mass is 10.1. The zero-order chi connectivity index (χ0) is 15.9. The molecule has 7 heteroatoms. The Balaban J connectivity index is 2.05. The molecule has 1 aliphatic rings. The Labute approximate surface area is 128 Å². The molecule has 2 aromatic rings. The molecular weight excluding hydrogens is 304 g/mol. The van der Waals surface area contributed by atoms with E-state index in [0.29, 0.717) is 11.9 Å². The fraction of sp³-hybridized carbons (Fsp3) is 0.333. The van der Waals surface area contributed by atoms with E-state index in [4.69, 9.17) is 5.11 Å². The van der Waals surface area contributed by atoms with Gasteiger partial charge in [0, 0.05) is 24.7 Å². The van der Waals surface area contributed by atoms with Crippen molar-refractivity contribution in [2.75, 3.05) is 13.1 Å². The molecule has 1 aromatic heterocycles. The number of carbonyl (C=O) groups is 1. The van der Waals surface area contributed by atoms with Crippen LogP contribution in [0.3, 0.4) is 0 Å². The Hall–Kier alpha value is -1.99. The van der Waals surface area contributed by atoms with Crippen LogP contribution < -0.4 is 0 Å². The highest BCUT2D eigenvalue weighted by atomic mass is 32.2. The molecule has 1 aliphatic heterocycles. The van der Waals surface area contributed by atoms with Crippen LogP contribution in [0.2, 0.25) is 0 Å². The van der Waals surface area contributed by atoms with Crippen molar-refractivity contribution >= 4 is 26.9 Å². The molecule has 0 saturated carbocycles. The van der Waals surface area contributed by atoms with Gasteiger partial charge in [0.05, 0.1) is 11.4 Å². The first-order valence-corrected chi connectivity index (χ1v) is 8.42. The fourth-order valence-electron chi connectivity index (χ4n) is 2.74. The summed E-state index contributed by atoms with van der Waals surface area (Å²) in [5.41, 5.74) is 1.38. The normalized spacial score (nSPS) is 19.6. The molecule has 22 heavy (non-hydrogen) atoms. The van der Waals surface area contributed by atoms with Gasteiger partial charge in [-0.05, 0) is 31.0 Å². The summed E-state index contributed by atoms with van der Waals surface area (Å²) >= 11 is 0. The monoisotopic (exact) mass is 320 g/mol. The lowest BCUT2D eigenvalue weighted by molar-refractivity contribution is -0.141. The number of carboxylic acid groups (broad SMARTS) is 1. The van der Waals surface area contributed by atoms with Crippen LogP contribution in [0.5, 0.6) is 0 Å². The second-order valence-electron chi connectivity index (χ2n) is 5.53. The van der Waals surface area contributed by atoms with Gasteiger partial charge in [0.15, 0.2) is 0 Å². The topological polar surface area (TPSA) is 87.6 Å². The number of sulfonamides is 1. The second kappa shape index (κ2) is 5.33. The zero-order valence-corrected chi connectivity index (χ0v) is 12.9. The number of fused-ring (bicyclic) bond motifs is 1. The van der Waals surface area contributed by atoms with Crippen molar-refractivity contribution in [3.63, 3.8) is 0 Å². The summed E-state index contributed by atoms with van der Waals surface area (Å²) in [6.07, 6.45) is 1.97. The Bertz CT molecular complexity index is 848. The van der Waals surface area contributed by atoms with Crippen molar-refractivity contribution in [2.24, 2.45) is 5.92 Å². The van der Waals surface area contributed by atoms with E-state index in [1.807, 2.05) is 19.1 Å². The molecule has 1 fully saturated rings. The van der Waals surface area contributed by atoms with Gasteiger partial charge in [-0.3, -0.25) is 9.78 Å². The minimum absolute atomic E-state index is 0.0138. The van der Waals surface area contributed by atoms with Crippen LogP contribution in [0.25, 0.3) is 10.9 Å². The number of para-hydroxylation sites is 1. The van der Waals surface area contributed by atoms with E-state index in [9.17, 15) is 13.2 Å². The molecule has 1 unspecified atom stereocenters. The van der Waals surface area contributed by atoms with E-state index >= 15 is 0 Å². The maximum absolute atomic E-state index is 12.8. The van der Waals surface area contributed by atoms with Gasteiger partial charge in [-0.15, -0.1) is 0 Å². The number of benzene rings is 1. The maximum atomic E-state index is 12.8. The maximum Gasteiger partial charge on any atom is 0.307 e. The molecular formula is C15H16N2O4S. The molecule has 3 rings (SSSR count). The molecule has 0 aliphatic carbocycles. The first-order valence-electron chi connectivity index (χ1n) is 6.98. The third-order valence-electron chi connectivity index (χ3n) is 3.93. The zero-order valence-electron chi connectivity index (χ0n) is 12.1. The van der Waals surface area contributed by atoms with Gasteiger partial charge in [0.25, 0.3) is 0 Å². The van der Waals surface area contributed by atoms with Crippen LogP contribution in [-0.4, -0.2) is 41.9 Å². The van der Waals surface area contributed by atoms with Crippen molar-refractivity contribution in [1.29, 1.82) is 0 Å². The molecule has 0 bridgehead atoms. The lowest BCUT2D eigenvalue weighted by Gasteiger charge is -2.17. The summed E-state index contributed by atoms with van der Waals surface area (Å²) in [6.45, 7) is 2.13. The molecule has 2 heterocycles. The van der Waals surface area contributed by atoms with Crippen LogP contribution in [0.4, 0.5) is 0 Å². The number of hydrogen-bond donors (Lipinski definition) is 1. The predicted molar refractivity (Wildman–Crippen MR) is 81.0 cm³/mol. The number of pyridine rings is 1. The number of hydrogen-bond acceptors (Lipinski definition) is 4. The molecule has 116 valence electrons. The molecule has 0 spiro atoms. The highest BCUT2D eigenvalue weighted by Crippen LogP contribution is 2.28. The van der Waals surface area contributed by atoms with E-state index in [1.54, 1.807) is 12.3 Å². The standard InChI is InChI=1S/C15H16N2O4S/c1-10-7-11-3-2-4-13(14(11)16-8-10)22(20,21)17-6-5-12(9-17)15(18)19/h2-4,7-8,12H,5-6,9H2,1H3,(H,18,19). The van der Waals surface area contributed by atoms with Crippen LogP contribution in [-0.2, 0) is 14.8 Å². The third kappa shape index (κ3) is 2.46. The van der Waals surface area contributed by atoms with Crippen molar-refractivity contribution < 1.29 is 18.3 Å². The summed E-state index contributed by atoms with van der Waals surface area (Å²) in [5.74, 6) is -1.59. The van der Waals surface area contributed by atoms with Crippen molar-refractivity contribution in [2.45, 2.75) is 18.2 Å². The second-order valence-corrected chi connectivity index (χ2v) is 7.43. The van der Waals surface area contributed by atoms with Crippen LogP contribution in [0.15, 0.2) is 35.4 Å². The largest absolute Gasteiger partial charge is 0.481 e. The fourth-order valence-corrected chi connectivity index (χ4v) is 4.40. The number of nitrogens with zero attached hydrogens (tertiary/aromatic N) is 2. The lowest BCUT2D eigenvalue weighted by Crippen LogP contribution is -2.30. The molecule has 1 atom stereocenters. The SMILES string of the molecule is Cc1cnc2c(S(=O)(=O)N3CCC(C(=O)O)C3)cccc2c1. The molecule has 1 aromatic carbocycles. The first kappa shape index (κ1) is 14.9. The molecule has 1 saturated heterocycles. The number of aromatic nitrogens is 1. The summed E-state index contributed by atoms with van der Waals surface area (Å²) in [4.78, 5) is 15.4. The summed E-state index contributed by atoms with van der Waals surface area (Å²) in [7, 11) is -3.74. The van der Waals surface area contributed by atoms with Crippen LogP contribution in [0.1, 0.15) is 12.0 Å². The Morgan fingerprint density at radius 2 is 2.18 bits per heavy atom. The van der Waals surface area contributed by atoms with E-state index in [-0.39, 0.29) is 18.0 Å². The van der Waals surface area contributed by atoms with E-state index < -0.39 is 21.9 Å². The van der Waals surface area contributed by atoms with Gasteiger partial charge in [0.1, 0.15) is 4.90 Å². The highest BCUT2D eigenvalue weighted by molar-refractivity contribution is 7.89. The van der Waals surface area contributed by atoms with Gasteiger partial charge in [-0.2, -0.15) is 4.31 Å². The van der Waals surface area contributed by atoms with Crippen LogP contribution >= 0.6 is 0 Å². The van der Waals surface area contributed by atoms with Gasteiger partial charge in [-0.25, -0.2) is 8.42 Å². The van der Waals surface area contributed by atoms with Crippen LogP contribution in [0, 0.1) is 12.8 Å². The number of rotatable bonds is 3. The average Bonchev–Trinajstić information content (AvgIpc) is 2.97. The predicted octanol–water partition coefficient (Wildman–Crippen LogP) is 1.64. The first-order chi connectivity index (χ1) is 10.4. The van der Waals surface area contributed by atoms with Crippen molar-refractivity contribution in [3.8, 4) is 0 Å². The average molecular weight is 320 g/mol. The molecule has 6 nitrogen and oxygen atoms in total. The number of aryl methyl sites for hydroxylation is 1. The molecule has 0 radical (unpaired) electrons. The highest BCUT2D eigenvalue weighted by Gasteiger charge is 2.36. The quantitative estimate of drug-likeness (QED) is 0.929. The minimum atomic E-state index is -3.74. The van der Waals surface area contributed by atoms with E-state index in [1.165, 1.54) is 10.4 Å². The van der Waals surface area contributed by atoms with Crippen molar-refractivity contribution in [3.05, 3.63) is 36.0 Å². The molecule has 0 amide bonds. The van der Waals surface area contributed by atoms with E-state index in [2.05, 4.69) is 4.98 Å². The smallest absolute Gasteiger partial charge is 0.307 e. The van der Waals surface area contributed by atoms with Crippen molar-refractivity contribution in [1.82, 2.24) is 9.29 Å². The minimum Gasteiger partial charge on any atom is -0.481 e. The van der Waals surface area contributed by atoms with Gasteiger partial charge in [0.2, 0.25) is 10.0 Å². The Morgan fingerprint density at radius 3 is 2.86 bits per heavy atom. The third-order valence-corrected chi connectivity index (χ3v) is 5.83.